The molecular weight excluding hydrogens is 368 g/mol. The lowest BCUT2D eigenvalue weighted by Gasteiger charge is -2.12. The minimum atomic E-state index is -0.273. The van der Waals surface area contributed by atoms with Gasteiger partial charge in [-0.15, -0.1) is 0 Å². The highest BCUT2D eigenvalue weighted by molar-refractivity contribution is 5.66. The third-order valence-electron chi connectivity index (χ3n) is 4.91. The van der Waals surface area contributed by atoms with Crippen molar-refractivity contribution in [2.24, 2.45) is 17.8 Å². The number of esters is 2. The number of hydrogen-bond acceptors (Lipinski definition) is 5. The Labute approximate surface area is 175 Å². The van der Waals surface area contributed by atoms with E-state index in [1.807, 2.05) is 18.2 Å². The molecule has 0 aliphatic heterocycles. The van der Waals surface area contributed by atoms with E-state index in [9.17, 15) is 14.7 Å². The summed E-state index contributed by atoms with van der Waals surface area (Å²) < 4.78 is 9.74. The zero-order valence-corrected chi connectivity index (χ0v) is 17.8. The summed E-state index contributed by atoms with van der Waals surface area (Å²) in [5.74, 6) is 0.608. The van der Waals surface area contributed by atoms with Crippen LogP contribution in [0.5, 0.6) is 0 Å². The third kappa shape index (κ3) is 12.8. The topological polar surface area (TPSA) is 72.8 Å². The Hall–Kier alpha value is -2.14. The first kappa shape index (κ1) is 24.9. The molecule has 0 saturated heterocycles. The van der Waals surface area contributed by atoms with Crippen molar-refractivity contribution in [2.75, 3.05) is 19.8 Å². The smallest absolute Gasteiger partial charge is 0.302 e. The van der Waals surface area contributed by atoms with E-state index in [-0.39, 0.29) is 24.5 Å². The number of carbonyl (C=O) groups excluding carboxylic acids is 2. The summed E-state index contributed by atoms with van der Waals surface area (Å²) in [6.07, 6.45) is 22.8. The van der Waals surface area contributed by atoms with Gasteiger partial charge in [-0.25, -0.2) is 0 Å². The number of allylic oxidation sites excluding steroid dienone is 6. The number of aliphatic hydroxyl groups is 1. The quantitative estimate of drug-likeness (QED) is 0.277. The van der Waals surface area contributed by atoms with Crippen molar-refractivity contribution in [3.05, 3.63) is 48.6 Å². The van der Waals surface area contributed by atoms with E-state index in [0.29, 0.717) is 25.0 Å². The Morgan fingerprint density at radius 1 is 0.793 bits per heavy atom. The highest BCUT2D eigenvalue weighted by Crippen LogP contribution is 2.37. The zero-order chi connectivity index (χ0) is 21.3. The normalized spacial score (nSPS) is 22.4. The SMILES string of the molecule is CC(=O)OC/C=C/CC/C=C/CC/C=C/C1CC(/C=C/COC(C)=O)C(CO)C1. The van der Waals surface area contributed by atoms with Gasteiger partial charge in [-0.2, -0.15) is 0 Å². The van der Waals surface area contributed by atoms with Crippen molar-refractivity contribution in [1.82, 2.24) is 0 Å². The summed E-state index contributed by atoms with van der Waals surface area (Å²) in [6, 6.07) is 0. The molecule has 3 atom stereocenters. The average molecular weight is 405 g/mol. The second kappa shape index (κ2) is 15.7. The number of unbranched alkanes of at least 4 members (excludes halogenated alkanes) is 2. The summed E-state index contributed by atoms with van der Waals surface area (Å²) in [5, 5.41) is 9.60. The molecule has 0 bridgehead atoms. The van der Waals surface area contributed by atoms with Gasteiger partial charge in [0.2, 0.25) is 0 Å². The second-order valence-electron chi connectivity index (χ2n) is 7.40. The number of aliphatic hydroxyl groups excluding tert-OH is 1. The van der Waals surface area contributed by atoms with Crippen LogP contribution >= 0.6 is 0 Å². The Balaban J connectivity index is 2.17. The van der Waals surface area contributed by atoms with Crippen molar-refractivity contribution < 1.29 is 24.2 Å². The lowest BCUT2D eigenvalue weighted by atomic mass is 9.97. The molecule has 1 aliphatic rings. The Morgan fingerprint density at radius 3 is 1.93 bits per heavy atom. The van der Waals surface area contributed by atoms with Crippen LogP contribution < -0.4 is 0 Å². The minimum Gasteiger partial charge on any atom is -0.462 e. The molecule has 0 aromatic carbocycles. The number of ether oxygens (including phenoxy) is 2. The van der Waals surface area contributed by atoms with Gasteiger partial charge in [-0.1, -0.05) is 48.6 Å². The van der Waals surface area contributed by atoms with Crippen LogP contribution in [0.4, 0.5) is 0 Å². The standard InChI is InChI=1S/C24H36O5/c1-20(26)28-15-11-9-7-5-3-4-6-8-10-13-22-17-23(24(18-22)19-25)14-12-16-29-21(2)27/h3-4,9-14,22-25H,5-8,15-19H2,1-2H3/b4-3+,11-9+,13-10+,14-12+. The lowest BCUT2D eigenvalue weighted by molar-refractivity contribution is -0.140. The minimum absolute atomic E-state index is 0.199. The molecule has 0 amide bonds. The Morgan fingerprint density at radius 2 is 1.34 bits per heavy atom. The molecule has 1 rings (SSSR count). The molecule has 0 aromatic heterocycles. The van der Waals surface area contributed by atoms with Gasteiger partial charge in [0.05, 0.1) is 0 Å². The summed E-state index contributed by atoms with van der Waals surface area (Å²) in [6.45, 7) is 3.67. The van der Waals surface area contributed by atoms with Gasteiger partial charge in [0.25, 0.3) is 0 Å². The largest absolute Gasteiger partial charge is 0.462 e. The molecule has 1 aliphatic carbocycles. The summed E-state index contributed by atoms with van der Waals surface area (Å²) in [7, 11) is 0. The maximum Gasteiger partial charge on any atom is 0.302 e. The monoisotopic (exact) mass is 404 g/mol. The molecular formula is C24H36O5. The van der Waals surface area contributed by atoms with Gasteiger partial charge in [0.15, 0.2) is 0 Å². The van der Waals surface area contributed by atoms with Crippen molar-refractivity contribution in [3.8, 4) is 0 Å². The summed E-state index contributed by atoms with van der Waals surface area (Å²) in [4.78, 5) is 21.4. The number of carbonyl (C=O) groups is 2. The molecule has 5 heteroatoms. The summed E-state index contributed by atoms with van der Waals surface area (Å²) in [5.41, 5.74) is 0. The van der Waals surface area contributed by atoms with Gasteiger partial charge in [0, 0.05) is 20.5 Å². The van der Waals surface area contributed by atoms with Crippen LogP contribution in [0.25, 0.3) is 0 Å². The molecule has 29 heavy (non-hydrogen) atoms. The molecule has 0 radical (unpaired) electrons. The average Bonchev–Trinajstić information content (AvgIpc) is 3.07. The molecule has 5 nitrogen and oxygen atoms in total. The van der Waals surface area contributed by atoms with Crippen molar-refractivity contribution in [2.45, 2.75) is 52.4 Å². The van der Waals surface area contributed by atoms with Crippen LogP contribution in [0.1, 0.15) is 52.4 Å². The third-order valence-corrected chi connectivity index (χ3v) is 4.91. The first-order valence-corrected chi connectivity index (χ1v) is 10.5. The van der Waals surface area contributed by atoms with E-state index in [1.54, 1.807) is 0 Å². The fraction of sp³-hybridized carbons (Fsp3) is 0.583. The van der Waals surface area contributed by atoms with E-state index < -0.39 is 0 Å². The van der Waals surface area contributed by atoms with Gasteiger partial charge in [0.1, 0.15) is 13.2 Å². The van der Waals surface area contributed by atoms with Crippen LogP contribution in [0, 0.1) is 17.8 Å². The van der Waals surface area contributed by atoms with Gasteiger partial charge >= 0.3 is 11.9 Å². The highest BCUT2D eigenvalue weighted by Gasteiger charge is 2.30. The van der Waals surface area contributed by atoms with E-state index in [1.165, 1.54) is 13.8 Å². The van der Waals surface area contributed by atoms with Gasteiger partial charge in [-0.05, 0) is 56.3 Å². The van der Waals surface area contributed by atoms with E-state index >= 15 is 0 Å². The number of hydrogen-bond donors (Lipinski definition) is 1. The second-order valence-corrected chi connectivity index (χ2v) is 7.40. The Bertz CT molecular complexity index is 588. The molecule has 0 spiro atoms. The molecule has 1 N–H and O–H groups in total. The van der Waals surface area contributed by atoms with Crippen LogP contribution in [0.2, 0.25) is 0 Å². The van der Waals surface area contributed by atoms with Gasteiger partial charge < -0.3 is 14.6 Å². The van der Waals surface area contributed by atoms with Crippen molar-refractivity contribution >= 4 is 11.9 Å². The fourth-order valence-electron chi connectivity index (χ4n) is 3.46. The van der Waals surface area contributed by atoms with Crippen molar-refractivity contribution in [3.63, 3.8) is 0 Å². The molecule has 0 heterocycles. The van der Waals surface area contributed by atoms with Crippen LogP contribution in [-0.4, -0.2) is 36.9 Å². The summed E-state index contributed by atoms with van der Waals surface area (Å²) >= 11 is 0. The van der Waals surface area contributed by atoms with Crippen LogP contribution in [0.15, 0.2) is 48.6 Å². The predicted octanol–water partition coefficient (Wildman–Crippen LogP) is 4.53. The van der Waals surface area contributed by atoms with E-state index in [4.69, 9.17) is 9.47 Å². The molecule has 3 unspecified atom stereocenters. The maximum absolute atomic E-state index is 10.8. The van der Waals surface area contributed by atoms with Crippen LogP contribution in [-0.2, 0) is 19.1 Å². The van der Waals surface area contributed by atoms with Crippen LogP contribution in [0.3, 0.4) is 0 Å². The highest BCUT2D eigenvalue weighted by atomic mass is 16.5. The Kier molecular flexibility index (Phi) is 13.5. The first-order chi connectivity index (χ1) is 14.0. The number of rotatable bonds is 13. The van der Waals surface area contributed by atoms with E-state index in [0.717, 1.165) is 38.5 Å². The molecule has 1 fully saturated rings. The molecule has 162 valence electrons. The van der Waals surface area contributed by atoms with Gasteiger partial charge in [-0.3, -0.25) is 9.59 Å². The van der Waals surface area contributed by atoms with E-state index in [2.05, 4.69) is 30.4 Å². The molecule has 1 saturated carbocycles. The lowest BCUT2D eigenvalue weighted by Crippen LogP contribution is -2.10. The first-order valence-electron chi connectivity index (χ1n) is 10.5. The maximum atomic E-state index is 10.8. The zero-order valence-electron chi connectivity index (χ0n) is 17.8. The van der Waals surface area contributed by atoms with Crippen molar-refractivity contribution in [1.29, 1.82) is 0 Å². The molecule has 0 aromatic rings. The fourth-order valence-corrected chi connectivity index (χ4v) is 3.46. The predicted molar refractivity (Wildman–Crippen MR) is 115 cm³/mol.